The smallest absolute Gasteiger partial charge is 0.417 e. The van der Waals surface area contributed by atoms with E-state index in [0.29, 0.717) is 17.5 Å². The molecule has 12 heteroatoms. The van der Waals surface area contributed by atoms with Gasteiger partial charge >= 0.3 is 6.09 Å². The zero-order chi connectivity index (χ0) is 32.2. The van der Waals surface area contributed by atoms with E-state index in [1.165, 1.54) is 0 Å². The van der Waals surface area contributed by atoms with Crippen molar-refractivity contribution in [2.75, 3.05) is 13.2 Å². The molecule has 1 fully saturated rings. The Morgan fingerprint density at radius 1 is 0.977 bits per heavy atom. The summed E-state index contributed by atoms with van der Waals surface area (Å²) in [7, 11) is 0. The number of ether oxygens (including phenoxy) is 1. The van der Waals surface area contributed by atoms with Gasteiger partial charge in [-0.15, -0.1) is 0 Å². The van der Waals surface area contributed by atoms with Crippen LogP contribution in [0.2, 0.25) is 0 Å². The van der Waals surface area contributed by atoms with Crippen LogP contribution in [-0.4, -0.2) is 68.5 Å². The lowest BCUT2D eigenvalue weighted by Gasteiger charge is -2.29. The summed E-state index contributed by atoms with van der Waals surface area (Å²) < 4.78 is 3.12. The second-order valence-electron chi connectivity index (χ2n) is 11.3. The van der Waals surface area contributed by atoms with Crippen molar-refractivity contribution in [3.05, 3.63) is 82.9 Å². The van der Waals surface area contributed by atoms with Crippen molar-refractivity contribution in [1.82, 2.24) is 15.1 Å². The number of imide groups is 2. The van der Waals surface area contributed by atoms with Crippen LogP contribution < -0.4 is 5.32 Å². The third-order valence-corrected chi connectivity index (χ3v) is 8.29. The number of amides is 5. The zero-order valence-electron chi connectivity index (χ0n) is 24.6. The first-order chi connectivity index (χ1) is 20.8. The summed E-state index contributed by atoms with van der Waals surface area (Å²) in [5.74, 6) is -2.68. The Kier molecular flexibility index (Phi) is 10.8. The van der Waals surface area contributed by atoms with Gasteiger partial charge in [-0.3, -0.25) is 24.1 Å². The Balaban J connectivity index is 1.58. The van der Waals surface area contributed by atoms with Crippen molar-refractivity contribution in [1.29, 1.82) is 0 Å². The summed E-state index contributed by atoms with van der Waals surface area (Å²) in [6.45, 7) is 5.69. The minimum absolute atomic E-state index is 0.0469. The van der Waals surface area contributed by atoms with E-state index < -0.39 is 51.5 Å². The molecule has 0 spiro atoms. The third kappa shape index (κ3) is 7.62. The molecule has 234 valence electrons. The van der Waals surface area contributed by atoms with Gasteiger partial charge in [0.1, 0.15) is 6.61 Å². The molecule has 2 aromatic carbocycles. The number of hydrogen-bond acceptors (Lipinski definition) is 6. The topological polar surface area (TPSA) is 113 Å². The first-order valence-electron chi connectivity index (χ1n) is 14.4. The van der Waals surface area contributed by atoms with Gasteiger partial charge in [-0.25, -0.2) is 9.69 Å². The lowest BCUT2D eigenvalue weighted by atomic mass is 9.89. The van der Waals surface area contributed by atoms with Gasteiger partial charge in [-0.1, -0.05) is 104 Å². The molecular formula is C32H34Cl3N3O6. The van der Waals surface area contributed by atoms with Crippen LogP contribution in [0.3, 0.4) is 0 Å². The Bertz CT molecular complexity index is 1420. The predicted octanol–water partition coefficient (Wildman–Crippen LogP) is 5.73. The molecule has 2 aromatic rings. The first kappa shape index (κ1) is 33.5. The van der Waals surface area contributed by atoms with Gasteiger partial charge in [0.15, 0.2) is 0 Å². The van der Waals surface area contributed by atoms with Crippen LogP contribution in [0.25, 0.3) is 0 Å². The van der Waals surface area contributed by atoms with Crippen molar-refractivity contribution in [2.24, 2.45) is 11.8 Å². The highest BCUT2D eigenvalue weighted by atomic mass is 35.6. The van der Waals surface area contributed by atoms with Crippen molar-refractivity contribution in [3.63, 3.8) is 0 Å². The molecule has 0 aromatic heterocycles. The van der Waals surface area contributed by atoms with E-state index in [9.17, 15) is 24.0 Å². The number of hydrogen-bond donors (Lipinski definition) is 1. The van der Waals surface area contributed by atoms with Gasteiger partial charge in [-0.2, -0.15) is 0 Å². The molecule has 1 N–H and O–H groups in total. The third-order valence-electron chi connectivity index (χ3n) is 7.78. The molecule has 0 aliphatic carbocycles. The molecule has 5 amide bonds. The number of cyclic esters (lactones) is 1. The van der Waals surface area contributed by atoms with Crippen LogP contribution in [0.15, 0.2) is 66.2 Å². The predicted molar refractivity (Wildman–Crippen MR) is 167 cm³/mol. The van der Waals surface area contributed by atoms with E-state index in [-0.39, 0.29) is 37.5 Å². The Hall–Kier alpha value is -3.40. The number of nitrogens with one attached hydrogen (secondary N) is 1. The number of rotatable bonds is 11. The van der Waals surface area contributed by atoms with Crippen LogP contribution >= 0.6 is 34.8 Å². The molecule has 9 nitrogen and oxygen atoms in total. The standard InChI is InChI=1S/C32H34Cl3N3O6/c1-19(2)26(36-30(42)32(33,34)35)20(3)16-22(12-9-15-37-28(40)24-13-7-8-14-25(24)29(37)41)27(39)38-23(18-44-31(38)43)17-21-10-5-4-6-11-21/h4-8,10-11,13-14,16,19-20,23,26H,9,12,15,17-18H2,1-3H3,(H,36,42)/b22-16+. The SMILES string of the molecule is CC(C)C(NC(=O)C(Cl)(Cl)Cl)C(C)/C=C(\CCCN1C(=O)c2ccccc2C1=O)C(=O)N1C(=O)OCC1Cc1ccccc1. The van der Waals surface area contributed by atoms with E-state index >= 15 is 0 Å². The molecule has 2 aliphatic heterocycles. The number of halogens is 3. The fourth-order valence-electron chi connectivity index (χ4n) is 5.59. The summed E-state index contributed by atoms with van der Waals surface area (Å²) in [6.07, 6.45) is 1.75. The Morgan fingerprint density at radius 2 is 1.57 bits per heavy atom. The highest BCUT2D eigenvalue weighted by Gasteiger charge is 2.40. The summed E-state index contributed by atoms with van der Waals surface area (Å²) in [6, 6.07) is 15.0. The van der Waals surface area contributed by atoms with Gasteiger partial charge in [0.25, 0.3) is 27.4 Å². The fourth-order valence-corrected chi connectivity index (χ4v) is 5.75. The maximum Gasteiger partial charge on any atom is 0.417 e. The molecule has 0 radical (unpaired) electrons. The Labute approximate surface area is 271 Å². The zero-order valence-corrected chi connectivity index (χ0v) is 26.9. The summed E-state index contributed by atoms with van der Waals surface area (Å²) in [4.78, 5) is 67.5. The van der Waals surface area contributed by atoms with E-state index in [1.54, 1.807) is 30.3 Å². The maximum absolute atomic E-state index is 14.1. The van der Waals surface area contributed by atoms with Crippen molar-refractivity contribution < 1.29 is 28.7 Å². The van der Waals surface area contributed by atoms with E-state index in [0.717, 1.165) is 15.4 Å². The number of fused-ring (bicyclic) bond motifs is 1. The van der Waals surface area contributed by atoms with Gasteiger partial charge in [0, 0.05) is 18.2 Å². The van der Waals surface area contributed by atoms with Crippen LogP contribution in [0.5, 0.6) is 0 Å². The summed E-state index contributed by atoms with van der Waals surface area (Å²) in [5, 5.41) is 2.75. The second kappa shape index (κ2) is 14.1. The minimum atomic E-state index is -2.18. The average Bonchev–Trinajstić information content (AvgIpc) is 3.46. The van der Waals surface area contributed by atoms with Gasteiger partial charge in [0.2, 0.25) is 0 Å². The van der Waals surface area contributed by atoms with Gasteiger partial charge in [0.05, 0.1) is 17.2 Å². The Morgan fingerprint density at radius 3 is 2.14 bits per heavy atom. The van der Waals surface area contributed by atoms with Crippen LogP contribution in [-0.2, 0) is 20.7 Å². The summed E-state index contributed by atoms with van der Waals surface area (Å²) in [5.41, 5.74) is 1.89. The fraction of sp³-hybridized carbons (Fsp3) is 0.406. The van der Waals surface area contributed by atoms with E-state index in [4.69, 9.17) is 39.5 Å². The number of alkyl halides is 3. The quantitative estimate of drug-likeness (QED) is 0.187. The van der Waals surface area contributed by atoms with E-state index in [1.807, 2.05) is 51.1 Å². The molecule has 1 saturated heterocycles. The molecule has 3 unspecified atom stereocenters. The first-order valence-corrected chi connectivity index (χ1v) is 15.5. The number of carbonyl (C=O) groups is 5. The van der Waals surface area contributed by atoms with Crippen molar-refractivity contribution >= 4 is 64.5 Å². The van der Waals surface area contributed by atoms with Crippen LogP contribution in [0, 0.1) is 11.8 Å². The van der Waals surface area contributed by atoms with Crippen LogP contribution in [0.1, 0.15) is 59.9 Å². The highest BCUT2D eigenvalue weighted by molar-refractivity contribution is 6.76. The maximum atomic E-state index is 14.1. The van der Waals surface area contributed by atoms with Crippen LogP contribution in [0.4, 0.5) is 4.79 Å². The average molecular weight is 663 g/mol. The number of benzene rings is 2. The minimum Gasteiger partial charge on any atom is -0.447 e. The van der Waals surface area contributed by atoms with Crippen molar-refractivity contribution in [3.8, 4) is 0 Å². The summed E-state index contributed by atoms with van der Waals surface area (Å²) >= 11 is 17.4. The molecule has 2 aliphatic rings. The van der Waals surface area contributed by atoms with Crippen molar-refractivity contribution in [2.45, 2.75) is 55.9 Å². The molecular weight excluding hydrogens is 629 g/mol. The highest BCUT2D eigenvalue weighted by Crippen LogP contribution is 2.29. The second-order valence-corrected chi connectivity index (χ2v) is 13.6. The van der Waals surface area contributed by atoms with Gasteiger partial charge < -0.3 is 10.1 Å². The largest absolute Gasteiger partial charge is 0.447 e. The van der Waals surface area contributed by atoms with E-state index in [2.05, 4.69) is 5.32 Å². The molecule has 3 atom stereocenters. The molecule has 4 rings (SSSR count). The monoisotopic (exact) mass is 661 g/mol. The molecule has 0 saturated carbocycles. The molecule has 44 heavy (non-hydrogen) atoms. The molecule has 2 heterocycles. The lowest BCUT2D eigenvalue weighted by Crippen LogP contribution is -2.47. The lowest BCUT2D eigenvalue weighted by molar-refractivity contribution is -0.125. The van der Waals surface area contributed by atoms with Gasteiger partial charge in [-0.05, 0) is 48.8 Å². The normalized spacial score (nSPS) is 18.4. The molecule has 0 bridgehead atoms. The number of carbonyl (C=O) groups excluding carboxylic acids is 5. The number of nitrogens with zero attached hydrogens (tertiary/aromatic N) is 2.